The molecule has 290 valence electrons. The normalized spacial score (nSPS) is 31.2. The third-order valence-electron chi connectivity index (χ3n) is 15.4. The van der Waals surface area contributed by atoms with Gasteiger partial charge in [0, 0.05) is 0 Å². The molecule has 0 radical (unpaired) electrons. The number of carbonyl (C=O) groups is 2. The summed E-state index contributed by atoms with van der Waals surface area (Å²) in [6.07, 6.45) is 20.7. The molecule has 53 heavy (non-hydrogen) atoms. The summed E-state index contributed by atoms with van der Waals surface area (Å²) in [5.41, 5.74) is 3.43. The Bertz CT molecular complexity index is 1590. The van der Waals surface area contributed by atoms with E-state index in [9.17, 15) is 19.8 Å². The predicted molar refractivity (Wildman–Crippen MR) is 213 cm³/mol. The van der Waals surface area contributed by atoms with Gasteiger partial charge < -0.3 is 19.7 Å². The Labute approximate surface area is 319 Å². The fraction of sp³-hybridized carbons (Fsp3) is 0.660. The van der Waals surface area contributed by atoms with Crippen LogP contribution in [0, 0.1) is 58.2 Å². The van der Waals surface area contributed by atoms with E-state index < -0.39 is 11.9 Å². The second-order valence-corrected chi connectivity index (χ2v) is 18.5. The molecule has 2 aromatic rings. The molecular weight excluding hydrogens is 661 g/mol. The van der Waals surface area contributed by atoms with E-state index in [1.165, 1.54) is 91.3 Å². The van der Waals surface area contributed by atoms with Gasteiger partial charge in [-0.15, -0.1) is 0 Å². The summed E-state index contributed by atoms with van der Waals surface area (Å²) in [6, 6.07) is 10.4. The first kappa shape index (κ1) is 39.4. The quantitative estimate of drug-likeness (QED) is 0.201. The Morgan fingerprint density at radius 3 is 1.98 bits per heavy atom. The number of carboxylic acids is 2. The number of benzene rings is 2. The molecule has 6 nitrogen and oxygen atoms in total. The SMILES string of the molecule is COc1ccc(C(=CCC[C@H]2CC[C@@]3(C)[C@@H](CC[C@@H]4[C@@H]3CC[C@]3(C)[C@@H](C(C)CCCC(C)C)CC[C@@H]43)C2)c2ccc(OC)c(C(=O)O)c2)cc1C(=O)O. The predicted octanol–water partition coefficient (Wildman–Crippen LogP) is 12.0. The highest BCUT2D eigenvalue weighted by Gasteiger charge is 2.60. The van der Waals surface area contributed by atoms with Crippen LogP contribution in [-0.2, 0) is 0 Å². The highest BCUT2D eigenvalue weighted by molar-refractivity contribution is 5.95. The fourth-order valence-electron chi connectivity index (χ4n) is 12.6. The minimum atomic E-state index is -1.06. The maximum Gasteiger partial charge on any atom is 0.339 e. The van der Waals surface area contributed by atoms with Crippen molar-refractivity contribution in [2.75, 3.05) is 14.2 Å². The van der Waals surface area contributed by atoms with Crippen molar-refractivity contribution in [1.82, 2.24) is 0 Å². The van der Waals surface area contributed by atoms with Gasteiger partial charge in [-0.05, 0) is 170 Å². The van der Waals surface area contributed by atoms with Crippen molar-refractivity contribution in [3.05, 3.63) is 64.7 Å². The summed E-state index contributed by atoms with van der Waals surface area (Å²) in [7, 11) is 2.93. The van der Waals surface area contributed by atoms with Gasteiger partial charge in [-0.25, -0.2) is 9.59 Å². The van der Waals surface area contributed by atoms with Gasteiger partial charge in [-0.2, -0.15) is 0 Å². The van der Waals surface area contributed by atoms with Gasteiger partial charge in [-0.3, -0.25) is 0 Å². The van der Waals surface area contributed by atoms with Gasteiger partial charge in [0.05, 0.1) is 14.2 Å². The molecule has 4 aliphatic rings. The molecule has 1 unspecified atom stereocenters. The number of methoxy groups -OCH3 is 2. The lowest BCUT2D eigenvalue weighted by atomic mass is 9.44. The Morgan fingerprint density at radius 2 is 1.40 bits per heavy atom. The van der Waals surface area contributed by atoms with E-state index in [0.717, 1.165) is 71.0 Å². The Hall–Kier alpha value is -3.28. The summed E-state index contributed by atoms with van der Waals surface area (Å²) < 4.78 is 10.7. The molecule has 4 aliphatic carbocycles. The molecular formula is C47H66O6. The van der Waals surface area contributed by atoms with Crippen molar-refractivity contribution in [1.29, 1.82) is 0 Å². The third-order valence-corrected chi connectivity index (χ3v) is 15.4. The van der Waals surface area contributed by atoms with Crippen molar-refractivity contribution < 1.29 is 29.3 Å². The summed E-state index contributed by atoms with van der Waals surface area (Å²) in [4.78, 5) is 24.3. The molecule has 0 amide bonds. The number of hydrogen-bond donors (Lipinski definition) is 2. The molecule has 6 rings (SSSR count). The second kappa shape index (κ2) is 16.2. The van der Waals surface area contributed by atoms with E-state index >= 15 is 0 Å². The highest BCUT2D eigenvalue weighted by Crippen LogP contribution is 2.69. The van der Waals surface area contributed by atoms with Crippen molar-refractivity contribution >= 4 is 17.5 Å². The van der Waals surface area contributed by atoms with Crippen LogP contribution in [0.4, 0.5) is 0 Å². The van der Waals surface area contributed by atoms with Crippen LogP contribution >= 0.6 is 0 Å². The molecule has 4 fully saturated rings. The minimum Gasteiger partial charge on any atom is -0.496 e. The van der Waals surface area contributed by atoms with Gasteiger partial charge in [0.15, 0.2) is 0 Å². The molecule has 0 saturated heterocycles. The number of aromatic carboxylic acids is 2. The fourth-order valence-corrected chi connectivity index (χ4v) is 12.6. The first-order valence-electron chi connectivity index (χ1n) is 20.8. The number of ether oxygens (including phenoxy) is 2. The van der Waals surface area contributed by atoms with E-state index in [1.807, 2.05) is 12.1 Å². The molecule has 0 aromatic heterocycles. The monoisotopic (exact) mass is 726 g/mol. The van der Waals surface area contributed by atoms with E-state index in [0.29, 0.717) is 28.2 Å². The first-order chi connectivity index (χ1) is 25.3. The Kier molecular flexibility index (Phi) is 12.1. The maximum atomic E-state index is 12.1. The van der Waals surface area contributed by atoms with Gasteiger partial charge in [-0.1, -0.05) is 72.1 Å². The van der Waals surface area contributed by atoms with Crippen LogP contribution in [0.1, 0.15) is 156 Å². The summed E-state index contributed by atoms with van der Waals surface area (Å²) in [6.45, 7) is 12.7. The zero-order valence-corrected chi connectivity index (χ0v) is 33.6. The lowest BCUT2D eigenvalue weighted by Gasteiger charge is -2.61. The number of fused-ring (bicyclic) bond motifs is 5. The molecule has 0 spiro atoms. The third kappa shape index (κ3) is 7.81. The highest BCUT2D eigenvalue weighted by atomic mass is 16.5. The molecule has 0 aliphatic heterocycles. The summed E-state index contributed by atoms with van der Waals surface area (Å²) >= 11 is 0. The zero-order chi connectivity index (χ0) is 38.1. The average molecular weight is 727 g/mol. The topological polar surface area (TPSA) is 93.1 Å². The Balaban J connectivity index is 1.15. The smallest absolute Gasteiger partial charge is 0.339 e. The molecule has 6 heteroatoms. The van der Waals surface area contributed by atoms with Crippen molar-refractivity contribution in [3.63, 3.8) is 0 Å². The molecule has 0 heterocycles. The lowest BCUT2D eigenvalue weighted by Crippen LogP contribution is -2.53. The van der Waals surface area contributed by atoms with Crippen LogP contribution in [0.25, 0.3) is 5.57 Å². The van der Waals surface area contributed by atoms with Gasteiger partial charge in [0.2, 0.25) is 0 Å². The molecule has 2 aromatic carbocycles. The van der Waals surface area contributed by atoms with E-state index in [1.54, 1.807) is 24.3 Å². The number of rotatable bonds is 14. The van der Waals surface area contributed by atoms with Crippen LogP contribution in [0.3, 0.4) is 0 Å². The van der Waals surface area contributed by atoms with E-state index in [4.69, 9.17) is 9.47 Å². The van der Waals surface area contributed by atoms with Crippen LogP contribution in [0.5, 0.6) is 11.5 Å². The number of hydrogen-bond acceptors (Lipinski definition) is 4. The van der Waals surface area contributed by atoms with Crippen molar-refractivity contribution in [2.45, 2.75) is 125 Å². The van der Waals surface area contributed by atoms with Gasteiger partial charge in [0.25, 0.3) is 0 Å². The molecule has 4 saturated carbocycles. The van der Waals surface area contributed by atoms with Crippen LogP contribution in [0.2, 0.25) is 0 Å². The zero-order valence-electron chi connectivity index (χ0n) is 33.6. The van der Waals surface area contributed by atoms with Gasteiger partial charge in [0.1, 0.15) is 22.6 Å². The average Bonchev–Trinajstić information content (AvgIpc) is 3.50. The summed E-state index contributed by atoms with van der Waals surface area (Å²) in [5.74, 6) is 5.18. The van der Waals surface area contributed by atoms with Crippen LogP contribution in [0.15, 0.2) is 42.5 Å². The molecule has 9 atom stereocenters. The molecule has 0 bridgehead atoms. The number of allylic oxidation sites excluding steroid dienone is 1. The minimum absolute atomic E-state index is 0.0809. The van der Waals surface area contributed by atoms with Crippen molar-refractivity contribution in [3.8, 4) is 11.5 Å². The lowest BCUT2D eigenvalue weighted by molar-refractivity contribution is -0.121. The second-order valence-electron chi connectivity index (χ2n) is 18.5. The van der Waals surface area contributed by atoms with Gasteiger partial charge >= 0.3 is 11.9 Å². The Morgan fingerprint density at radius 1 is 0.792 bits per heavy atom. The standard InChI is InChI=1S/C47H66O6/c1-29(2)10-8-11-30(3)39-18-19-40-36-17-16-34-26-31(22-24-46(34,4)41(36)23-25-47(39,40)5)12-9-13-35(32-14-20-42(52-6)37(27-32)44(48)49)33-15-21-43(53-7)38(28-33)45(50)51/h13-15,20-21,27-31,34,36,39-41H,8-12,16-19,22-26H2,1-7H3,(H,48,49)(H,50,51)/t30?,31-,34-,36-,39+,40-,41-,46-,47+/m0/s1. The number of carboxylic acid groups (broad SMARTS) is 2. The largest absolute Gasteiger partial charge is 0.496 e. The summed E-state index contributed by atoms with van der Waals surface area (Å²) in [5, 5.41) is 19.9. The van der Waals surface area contributed by atoms with Crippen LogP contribution < -0.4 is 9.47 Å². The maximum absolute atomic E-state index is 12.1. The first-order valence-corrected chi connectivity index (χ1v) is 20.8. The molecule has 2 N–H and O–H groups in total. The van der Waals surface area contributed by atoms with Crippen molar-refractivity contribution in [2.24, 2.45) is 58.2 Å². The van der Waals surface area contributed by atoms with E-state index in [2.05, 4.69) is 40.7 Å². The van der Waals surface area contributed by atoms with E-state index in [-0.39, 0.29) is 11.1 Å². The van der Waals surface area contributed by atoms with Crippen LogP contribution in [-0.4, -0.2) is 36.4 Å².